The topological polar surface area (TPSA) is 96.6 Å². The normalized spacial score (nSPS) is 15.7. The second kappa shape index (κ2) is 11.8. The summed E-state index contributed by atoms with van der Waals surface area (Å²) in [5.74, 6) is 1.10. The van der Waals surface area contributed by atoms with Gasteiger partial charge < -0.3 is 14.2 Å². The Morgan fingerprint density at radius 1 is 1.08 bits per heavy atom. The van der Waals surface area contributed by atoms with Gasteiger partial charge in [-0.15, -0.1) is 0 Å². The zero-order valence-electron chi connectivity index (χ0n) is 20.9. The Bertz CT molecular complexity index is 1560. The van der Waals surface area contributed by atoms with Crippen LogP contribution in [0.25, 0.3) is 6.08 Å². The third-order valence-electron chi connectivity index (χ3n) is 5.74. The molecule has 0 bridgehead atoms. The number of aryl methyl sites for hydroxylation is 1. The van der Waals surface area contributed by atoms with Crippen molar-refractivity contribution >= 4 is 74.0 Å². The molecule has 2 aliphatic heterocycles. The van der Waals surface area contributed by atoms with Gasteiger partial charge >= 0.3 is 0 Å². The Balaban J connectivity index is 1.32. The minimum atomic E-state index is -0.495. The van der Waals surface area contributed by atoms with Crippen LogP contribution < -0.4 is 14.2 Å². The van der Waals surface area contributed by atoms with Crippen molar-refractivity contribution in [3.05, 3.63) is 91.5 Å². The van der Waals surface area contributed by atoms with Crippen molar-refractivity contribution in [1.29, 1.82) is 5.41 Å². The monoisotopic (exact) mass is 672 g/mol. The first-order chi connectivity index (χ1) is 18.8. The van der Waals surface area contributed by atoms with Crippen LogP contribution >= 0.6 is 46.0 Å². The quantitative estimate of drug-likeness (QED) is 0.169. The predicted molar refractivity (Wildman–Crippen MR) is 163 cm³/mol. The van der Waals surface area contributed by atoms with Gasteiger partial charge in [0, 0.05) is 5.56 Å². The molecule has 1 amide bonds. The molecule has 8 nitrogen and oxygen atoms in total. The number of thioether (sulfide) groups is 1. The molecule has 0 fully saturated rings. The molecule has 2 aliphatic rings. The van der Waals surface area contributed by atoms with Gasteiger partial charge in [0.1, 0.15) is 24.0 Å². The van der Waals surface area contributed by atoms with Gasteiger partial charge in [-0.25, -0.2) is 0 Å². The molecule has 1 N–H and O–H groups in total. The average Bonchev–Trinajstić information content (AvgIpc) is 3.35. The van der Waals surface area contributed by atoms with Gasteiger partial charge in [0.2, 0.25) is 5.17 Å². The molecule has 0 aliphatic carbocycles. The van der Waals surface area contributed by atoms with Gasteiger partial charge in [0.05, 0.1) is 21.3 Å². The zero-order valence-corrected chi connectivity index (χ0v) is 24.6. The van der Waals surface area contributed by atoms with Gasteiger partial charge in [-0.2, -0.15) is 15.1 Å². The molecule has 0 saturated carbocycles. The van der Waals surface area contributed by atoms with E-state index in [2.05, 4.69) is 32.7 Å². The zero-order chi connectivity index (χ0) is 27.5. The number of carbonyl (C=O) groups is 1. The SMILES string of the molecule is COc1cc(/C=C2/C(=N)N3N=C(c4ccc(C)cc4)SC3=NC2=O)cc(I)c1OCCOc1ccccc1Cl. The first-order valence-electron chi connectivity index (χ1n) is 11.8. The molecule has 0 unspecified atom stereocenters. The minimum absolute atomic E-state index is 0.0364. The van der Waals surface area contributed by atoms with E-state index in [0.717, 1.165) is 14.7 Å². The molecule has 198 valence electrons. The first-order valence-corrected chi connectivity index (χ1v) is 14.1. The van der Waals surface area contributed by atoms with E-state index in [0.29, 0.717) is 44.7 Å². The van der Waals surface area contributed by atoms with E-state index in [9.17, 15) is 4.79 Å². The lowest BCUT2D eigenvalue weighted by atomic mass is 10.1. The van der Waals surface area contributed by atoms with Crippen LogP contribution in [-0.4, -0.2) is 47.3 Å². The van der Waals surface area contributed by atoms with Crippen molar-refractivity contribution in [3.63, 3.8) is 0 Å². The van der Waals surface area contributed by atoms with E-state index in [1.807, 2.05) is 49.4 Å². The Labute approximate surface area is 248 Å². The molecule has 11 heteroatoms. The Morgan fingerprint density at radius 3 is 2.56 bits per heavy atom. The number of amidine groups is 2. The van der Waals surface area contributed by atoms with Gasteiger partial charge in [-0.05, 0) is 77.2 Å². The van der Waals surface area contributed by atoms with E-state index in [-0.39, 0.29) is 18.0 Å². The highest BCUT2D eigenvalue weighted by Crippen LogP contribution is 2.36. The van der Waals surface area contributed by atoms with Crippen molar-refractivity contribution in [2.75, 3.05) is 20.3 Å². The van der Waals surface area contributed by atoms with Crippen molar-refractivity contribution < 1.29 is 19.0 Å². The van der Waals surface area contributed by atoms with E-state index >= 15 is 0 Å². The van der Waals surface area contributed by atoms with Crippen LogP contribution in [0.3, 0.4) is 0 Å². The number of amides is 1. The molecule has 0 radical (unpaired) electrons. The largest absolute Gasteiger partial charge is 0.493 e. The van der Waals surface area contributed by atoms with Gasteiger partial charge in [-0.1, -0.05) is 53.6 Å². The van der Waals surface area contributed by atoms with E-state index in [1.54, 1.807) is 31.4 Å². The minimum Gasteiger partial charge on any atom is -0.493 e. The molecule has 0 aromatic heterocycles. The summed E-state index contributed by atoms with van der Waals surface area (Å²) in [4.78, 5) is 17.1. The summed E-state index contributed by atoms with van der Waals surface area (Å²) in [5.41, 5.74) is 2.84. The molecule has 0 saturated heterocycles. The Hall–Kier alpha value is -3.35. The molecule has 2 heterocycles. The number of nitrogens with one attached hydrogen (secondary N) is 1. The van der Waals surface area contributed by atoms with Gasteiger partial charge in [0.25, 0.3) is 5.91 Å². The summed E-state index contributed by atoms with van der Waals surface area (Å²) in [5, 5.41) is 16.2. The van der Waals surface area contributed by atoms with Crippen molar-refractivity contribution in [2.45, 2.75) is 6.92 Å². The second-order valence-electron chi connectivity index (χ2n) is 8.45. The first kappa shape index (κ1) is 27.2. The highest BCUT2D eigenvalue weighted by molar-refractivity contribution is 14.1. The second-order valence-corrected chi connectivity index (χ2v) is 11.0. The molecular weight excluding hydrogens is 651 g/mol. The molecule has 39 heavy (non-hydrogen) atoms. The number of ether oxygens (including phenoxy) is 3. The molecule has 3 aromatic carbocycles. The number of hydrogen-bond acceptors (Lipinski definition) is 7. The summed E-state index contributed by atoms with van der Waals surface area (Å²) >= 11 is 9.55. The predicted octanol–water partition coefficient (Wildman–Crippen LogP) is 6.39. The van der Waals surface area contributed by atoms with Gasteiger partial charge in [-0.3, -0.25) is 10.2 Å². The Morgan fingerprint density at radius 2 is 1.82 bits per heavy atom. The van der Waals surface area contributed by atoms with Crippen LogP contribution in [0.1, 0.15) is 16.7 Å². The number of benzene rings is 3. The number of aliphatic imine (C=N–C) groups is 1. The van der Waals surface area contributed by atoms with E-state index in [1.165, 1.54) is 16.8 Å². The standard InChI is InChI=1S/C28H22ClIN4O4S/c1-16-7-9-18(10-8-16)27-33-34-25(31)19(26(35)32-28(34)39-27)13-17-14-21(30)24(23(15-17)36-2)38-12-11-37-22-6-4-3-5-20(22)29/h3-10,13-15,31H,11-12H2,1-2H3/b19-13-,31-25?. The highest BCUT2D eigenvalue weighted by atomic mass is 127. The van der Waals surface area contributed by atoms with E-state index in [4.69, 9.17) is 31.2 Å². The fourth-order valence-electron chi connectivity index (χ4n) is 3.79. The molecule has 5 rings (SSSR count). The highest BCUT2D eigenvalue weighted by Gasteiger charge is 2.36. The molecule has 0 spiro atoms. The summed E-state index contributed by atoms with van der Waals surface area (Å²) in [6.07, 6.45) is 1.62. The van der Waals surface area contributed by atoms with Crippen molar-refractivity contribution in [1.82, 2.24) is 5.01 Å². The molecule has 3 aromatic rings. The summed E-state index contributed by atoms with van der Waals surface area (Å²) in [6.45, 7) is 2.57. The maximum absolute atomic E-state index is 12.9. The lowest BCUT2D eigenvalue weighted by molar-refractivity contribution is -0.114. The Kier molecular flexibility index (Phi) is 8.24. The number of fused-ring (bicyclic) bond motifs is 1. The number of hydrogen-bond donors (Lipinski definition) is 1. The number of halogens is 2. The van der Waals surface area contributed by atoms with Crippen molar-refractivity contribution in [2.24, 2.45) is 10.1 Å². The number of para-hydroxylation sites is 1. The van der Waals surface area contributed by atoms with Crippen LogP contribution in [0, 0.1) is 15.9 Å². The lowest BCUT2D eigenvalue weighted by Crippen LogP contribution is -2.35. The van der Waals surface area contributed by atoms with Gasteiger partial charge in [0.15, 0.2) is 17.3 Å². The maximum atomic E-state index is 12.9. The fourth-order valence-corrected chi connectivity index (χ4v) is 5.66. The van der Waals surface area contributed by atoms with Crippen LogP contribution in [0.2, 0.25) is 5.02 Å². The number of hydrazone groups is 1. The smallest absolute Gasteiger partial charge is 0.283 e. The van der Waals surface area contributed by atoms with Crippen LogP contribution in [0.5, 0.6) is 17.2 Å². The molecular formula is C28H22ClIN4O4S. The summed E-state index contributed by atoms with van der Waals surface area (Å²) in [6, 6.07) is 18.7. The third kappa shape index (κ3) is 5.97. The van der Waals surface area contributed by atoms with Crippen molar-refractivity contribution in [3.8, 4) is 17.2 Å². The number of carbonyl (C=O) groups excluding carboxylic acids is 1. The summed E-state index contributed by atoms with van der Waals surface area (Å²) < 4.78 is 18.0. The number of nitrogens with zero attached hydrogens (tertiary/aromatic N) is 3. The number of rotatable bonds is 8. The summed E-state index contributed by atoms with van der Waals surface area (Å²) in [7, 11) is 1.54. The number of methoxy groups -OCH3 is 1. The van der Waals surface area contributed by atoms with Crippen LogP contribution in [0.4, 0.5) is 0 Å². The lowest BCUT2D eigenvalue weighted by Gasteiger charge is -2.20. The maximum Gasteiger partial charge on any atom is 0.283 e. The molecule has 0 atom stereocenters. The van der Waals surface area contributed by atoms with Crippen LogP contribution in [0.15, 0.2) is 76.3 Å². The third-order valence-corrected chi connectivity index (χ3v) is 7.81. The van der Waals surface area contributed by atoms with Crippen LogP contribution in [-0.2, 0) is 4.79 Å². The van der Waals surface area contributed by atoms with E-state index < -0.39 is 5.91 Å². The average molecular weight is 673 g/mol. The fraction of sp³-hybridized carbons (Fsp3) is 0.143.